The van der Waals surface area contributed by atoms with E-state index in [9.17, 15) is 9.59 Å². The average molecular weight is 372 g/mol. The first-order valence-corrected chi connectivity index (χ1v) is 9.01. The van der Waals surface area contributed by atoms with E-state index < -0.39 is 0 Å². The third-order valence-corrected chi connectivity index (χ3v) is 4.64. The lowest BCUT2D eigenvalue weighted by molar-refractivity contribution is -0.119. The van der Waals surface area contributed by atoms with Crippen molar-refractivity contribution >= 4 is 11.9 Å². The number of carbonyl (C=O) groups excluding carboxylic acids is 2. The van der Waals surface area contributed by atoms with E-state index in [0.29, 0.717) is 30.2 Å². The highest BCUT2D eigenvalue weighted by molar-refractivity contribution is 5.89. The minimum Gasteiger partial charge on any atom is -0.465 e. The molecule has 0 saturated carbocycles. The molecule has 1 saturated heterocycles. The number of esters is 1. The zero-order valence-corrected chi connectivity index (χ0v) is 15.8. The van der Waals surface area contributed by atoms with Crippen LogP contribution in [0.15, 0.2) is 28.8 Å². The molecule has 144 valence electrons. The normalized spacial score (nSPS) is 16.8. The van der Waals surface area contributed by atoms with Crippen LogP contribution in [0.3, 0.4) is 0 Å². The Morgan fingerprint density at radius 2 is 2.11 bits per heavy atom. The van der Waals surface area contributed by atoms with Crippen molar-refractivity contribution in [2.24, 2.45) is 0 Å². The van der Waals surface area contributed by atoms with Gasteiger partial charge in [0, 0.05) is 30.6 Å². The predicted octanol–water partition coefficient (Wildman–Crippen LogP) is 2.01. The van der Waals surface area contributed by atoms with Crippen LogP contribution in [-0.2, 0) is 16.1 Å². The average Bonchev–Trinajstić information content (AvgIpc) is 3.29. The van der Waals surface area contributed by atoms with Gasteiger partial charge in [-0.25, -0.2) is 4.79 Å². The topological polar surface area (TPSA) is 97.6 Å². The third-order valence-electron chi connectivity index (χ3n) is 4.64. The SMILES string of the molecule is COC(=O)c1ccc(-c2noc(CN(C[C@H]3CCC(=O)N3)C(C)C)n2)cc1. The molecule has 0 aliphatic carbocycles. The molecule has 27 heavy (non-hydrogen) atoms. The number of carbonyl (C=O) groups is 2. The van der Waals surface area contributed by atoms with Crippen molar-refractivity contribution in [3.8, 4) is 11.4 Å². The zero-order valence-electron chi connectivity index (χ0n) is 15.8. The van der Waals surface area contributed by atoms with Crippen LogP contribution in [0.5, 0.6) is 0 Å². The molecule has 2 heterocycles. The molecule has 0 radical (unpaired) electrons. The van der Waals surface area contributed by atoms with Gasteiger partial charge < -0.3 is 14.6 Å². The number of rotatable bonds is 7. The maximum Gasteiger partial charge on any atom is 0.337 e. The number of ether oxygens (including phenoxy) is 1. The standard InChI is InChI=1S/C19H24N4O4/c1-12(2)23(10-15-8-9-16(24)20-15)11-17-21-18(22-27-17)13-4-6-14(7-5-13)19(25)26-3/h4-7,12,15H,8-11H2,1-3H3,(H,20,24)/t15-/m1/s1. The van der Waals surface area contributed by atoms with Gasteiger partial charge in [-0.1, -0.05) is 17.3 Å². The van der Waals surface area contributed by atoms with Gasteiger partial charge in [0.1, 0.15) is 0 Å². The van der Waals surface area contributed by atoms with Gasteiger partial charge in [0.05, 0.1) is 19.2 Å². The summed E-state index contributed by atoms with van der Waals surface area (Å²) in [5.41, 5.74) is 1.23. The van der Waals surface area contributed by atoms with Gasteiger partial charge in [-0.2, -0.15) is 4.98 Å². The lowest BCUT2D eigenvalue weighted by Gasteiger charge is -2.27. The van der Waals surface area contributed by atoms with Gasteiger partial charge in [0.2, 0.25) is 17.6 Å². The van der Waals surface area contributed by atoms with Crippen LogP contribution >= 0.6 is 0 Å². The van der Waals surface area contributed by atoms with Crippen LogP contribution in [0.4, 0.5) is 0 Å². The molecule has 8 nitrogen and oxygen atoms in total. The van der Waals surface area contributed by atoms with E-state index in [4.69, 9.17) is 9.26 Å². The Labute approximate surface area is 157 Å². The molecule has 1 atom stereocenters. The summed E-state index contributed by atoms with van der Waals surface area (Å²) in [6.45, 7) is 5.45. The van der Waals surface area contributed by atoms with Crippen molar-refractivity contribution in [3.63, 3.8) is 0 Å². The first kappa shape index (κ1) is 19.0. The maximum atomic E-state index is 11.5. The molecule has 3 rings (SSSR count). The van der Waals surface area contributed by atoms with Crippen molar-refractivity contribution in [2.75, 3.05) is 13.7 Å². The van der Waals surface area contributed by atoms with E-state index in [-0.39, 0.29) is 24.0 Å². The third kappa shape index (κ3) is 4.71. The summed E-state index contributed by atoms with van der Waals surface area (Å²) in [5, 5.41) is 7.03. The summed E-state index contributed by atoms with van der Waals surface area (Å²) >= 11 is 0. The number of aromatic nitrogens is 2. The van der Waals surface area contributed by atoms with E-state index in [1.165, 1.54) is 7.11 Å². The molecule has 1 aliphatic rings. The summed E-state index contributed by atoms with van der Waals surface area (Å²) in [5.74, 6) is 0.709. The largest absolute Gasteiger partial charge is 0.465 e. The number of methoxy groups -OCH3 is 1. The Balaban J connectivity index is 1.66. The summed E-state index contributed by atoms with van der Waals surface area (Å²) in [7, 11) is 1.35. The second-order valence-electron chi connectivity index (χ2n) is 6.91. The van der Waals surface area contributed by atoms with Crippen molar-refractivity contribution in [1.29, 1.82) is 0 Å². The first-order valence-electron chi connectivity index (χ1n) is 9.01. The molecule has 0 spiro atoms. The summed E-state index contributed by atoms with van der Waals surface area (Å²) in [6, 6.07) is 7.29. The Hall–Kier alpha value is -2.74. The summed E-state index contributed by atoms with van der Waals surface area (Å²) in [6.07, 6.45) is 1.44. The number of nitrogens with zero attached hydrogens (tertiary/aromatic N) is 3. The van der Waals surface area contributed by atoms with E-state index in [1.807, 2.05) is 0 Å². The fourth-order valence-corrected chi connectivity index (χ4v) is 3.04. The van der Waals surface area contributed by atoms with Crippen molar-refractivity contribution < 1.29 is 18.8 Å². The minimum absolute atomic E-state index is 0.110. The lowest BCUT2D eigenvalue weighted by atomic mass is 10.1. The monoisotopic (exact) mass is 372 g/mol. The molecule has 1 fully saturated rings. The summed E-state index contributed by atoms with van der Waals surface area (Å²) in [4.78, 5) is 29.6. The second kappa shape index (κ2) is 8.30. The molecule has 1 N–H and O–H groups in total. The molecular formula is C19H24N4O4. The Morgan fingerprint density at radius 3 is 2.70 bits per heavy atom. The first-order chi connectivity index (χ1) is 13.0. The van der Waals surface area contributed by atoms with Crippen LogP contribution in [0.1, 0.15) is 42.9 Å². The number of amides is 1. The molecule has 1 aliphatic heterocycles. The van der Waals surface area contributed by atoms with Crippen molar-refractivity contribution in [2.45, 2.75) is 45.3 Å². The smallest absolute Gasteiger partial charge is 0.337 e. The Morgan fingerprint density at radius 1 is 1.37 bits per heavy atom. The second-order valence-corrected chi connectivity index (χ2v) is 6.91. The van der Waals surface area contributed by atoms with Crippen LogP contribution in [0, 0.1) is 0 Å². The van der Waals surface area contributed by atoms with Gasteiger partial charge in [-0.15, -0.1) is 0 Å². The van der Waals surface area contributed by atoms with Gasteiger partial charge in [-0.3, -0.25) is 9.69 Å². The van der Waals surface area contributed by atoms with Crippen molar-refractivity contribution in [1.82, 2.24) is 20.4 Å². The molecule has 1 aromatic carbocycles. The van der Waals surface area contributed by atoms with Crippen LogP contribution in [0.25, 0.3) is 11.4 Å². The Kier molecular flexibility index (Phi) is 5.85. The number of hydrogen-bond acceptors (Lipinski definition) is 7. The highest BCUT2D eigenvalue weighted by atomic mass is 16.5. The van der Waals surface area contributed by atoms with E-state index >= 15 is 0 Å². The van der Waals surface area contributed by atoms with Crippen molar-refractivity contribution in [3.05, 3.63) is 35.7 Å². The van der Waals surface area contributed by atoms with Crippen LogP contribution in [-0.4, -0.2) is 52.7 Å². The molecule has 8 heteroatoms. The number of nitrogens with one attached hydrogen (secondary N) is 1. The lowest BCUT2D eigenvalue weighted by Crippen LogP contribution is -2.41. The molecule has 0 bridgehead atoms. The van der Waals surface area contributed by atoms with Crippen LogP contribution < -0.4 is 5.32 Å². The van der Waals surface area contributed by atoms with E-state index in [2.05, 4.69) is 34.2 Å². The van der Waals surface area contributed by atoms with E-state index in [0.717, 1.165) is 18.5 Å². The maximum absolute atomic E-state index is 11.5. The number of benzene rings is 1. The zero-order chi connectivity index (χ0) is 19.4. The van der Waals surface area contributed by atoms with E-state index in [1.54, 1.807) is 24.3 Å². The molecule has 0 unspecified atom stereocenters. The van der Waals surface area contributed by atoms with Gasteiger partial charge in [-0.05, 0) is 32.4 Å². The molecule has 1 amide bonds. The summed E-state index contributed by atoms with van der Waals surface area (Å²) < 4.78 is 10.1. The molecular weight excluding hydrogens is 348 g/mol. The highest BCUT2D eigenvalue weighted by Gasteiger charge is 2.25. The van der Waals surface area contributed by atoms with Crippen LogP contribution in [0.2, 0.25) is 0 Å². The van der Waals surface area contributed by atoms with Gasteiger partial charge >= 0.3 is 5.97 Å². The highest BCUT2D eigenvalue weighted by Crippen LogP contribution is 2.19. The molecule has 1 aromatic heterocycles. The van der Waals surface area contributed by atoms with Gasteiger partial charge in [0.25, 0.3) is 0 Å². The fraction of sp³-hybridized carbons (Fsp3) is 0.474. The minimum atomic E-state index is -0.387. The quantitative estimate of drug-likeness (QED) is 0.743. The predicted molar refractivity (Wildman–Crippen MR) is 97.8 cm³/mol. The number of hydrogen-bond donors (Lipinski definition) is 1. The Bertz CT molecular complexity index is 800. The van der Waals surface area contributed by atoms with Gasteiger partial charge in [0.15, 0.2) is 0 Å². The molecule has 2 aromatic rings. The fourth-order valence-electron chi connectivity index (χ4n) is 3.04.